The molecule has 2 aromatic carbocycles. The molecule has 1 aliphatic heterocycles. The second-order valence-electron chi connectivity index (χ2n) is 9.21. The lowest BCUT2D eigenvalue weighted by atomic mass is 10.0. The van der Waals surface area contributed by atoms with Crippen molar-refractivity contribution in [1.29, 1.82) is 0 Å². The van der Waals surface area contributed by atoms with Crippen molar-refractivity contribution in [3.63, 3.8) is 0 Å². The predicted octanol–water partition coefficient (Wildman–Crippen LogP) is 5.25. The van der Waals surface area contributed by atoms with Gasteiger partial charge in [0.15, 0.2) is 0 Å². The molecular formula is C28H34N2O5. The molecule has 1 fully saturated rings. The number of rotatable bonds is 10. The average Bonchev–Trinajstić information content (AvgIpc) is 3.29. The molecule has 0 radical (unpaired) electrons. The van der Waals surface area contributed by atoms with Gasteiger partial charge < -0.3 is 23.9 Å². The van der Waals surface area contributed by atoms with Crippen LogP contribution >= 0.6 is 0 Å². The van der Waals surface area contributed by atoms with Crippen molar-refractivity contribution >= 4 is 11.7 Å². The molecule has 4 rings (SSSR count). The van der Waals surface area contributed by atoms with Crippen LogP contribution in [-0.2, 0) is 22.4 Å². The number of oxazole rings is 1. The Balaban J connectivity index is 1.43. The highest BCUT2D eigenvalue weighted by Crippen LogP contribution is 2.30. The number of hydrogen-bond donors (Lipinski definition) is 1. The first-order valence-electron chi connectivity index (χ1n) is 12.3. The van der Waals surface area contributed by atoms with Crippen LogP contribution in [0.1, 0.15) is 48.8 Å². The van der Waals surface area contributed by atoms with Gasteiger partial charge in [0.1, 0.15) is 11.5 Å². The maximum atomic E-state index is 10.8. The number of carbonyl (C=O) groups is 1. The Hall–Kier alpha value is -3.32. The van der Waals surface area contributed by atoms with E-state index in [1.54, 1.807) is 0 Å². The molecule has 1 N–H and O–H groups in total. The molecule has 0 amide bonds. The summed E-state index contributed by atoms with van der Waals surface area (Å²) >= 11 is 0. The summed E-state index contributed by atoms with van der Waals surface area (Å²) in [5.41, 5.74) is 5.15. The summed E-state index contributed by atoms with van der Waals surface area (Å²) in [5.74, 6) is 1.70. The Labute approximate surface area is 206 Å². The molecule has 1 aliphatic rings. The second kappa shape index (κ2) is 11.4. The van der Waals surface area contributed by atoms with Crippen LogP contribution in [-0.4, -0.2) is 49.0 Å². The standard InChI is InChI=1S/C28H34N2O5/c1-19(2)27-25(11-14-34-24-9-7-21(20(3)17-24)8-10-26(31)32)35-28(29-27)22-5-4-6-23(18-22)30-12-15-33-16-13-30/h4-7,9,17-19H,8,10-16H2,1-3H3,(H,31,32). The minimum atomic E-state index is -0.787. The number of aryl methyl sites for hydroxylation is 2. The summed E-state index contributed by atoms with van der Waals surface area (Å²) in [6, 6.07) is 14.1. The first-order chi connectivity index (χ1) is 16.9. The quantitative estimate of drug-likeness (QED) is 0.426. The number of carboxylic acids is 1. The Morgan fingerprint density at radius 1 is 1.14 bits per heavy atom. The van der Waals surface area contributed by atoms with Crippen LogP contribution in [0.4, 0.5) is 5.69 Å². The first kappa shape index (κ1) is 24.8. The molecular weight excluding hydrogens is 444 g/mol. The van der Waals surface area contributed by atoms with Gasteiger partial charge in [-0.3, -0.25) is 4.79 Å². The topological polar surface area (TPSA) is 85.0 Å². The van der Waals surface area contributed by atoms with Crippen LogP contribution in [0, 0.1) is 6.92 Å². The summed E-state index contributed by atoms with van der Waals surface area (Å²) in [6.07, 6.45) is 1.26. The van der Waals surface area contributed by atoms with Crippen LogP contribution in [0.3, 0.4) is 0 Å². The zero-order chi connectivity index (χ0) is 24.8. The van der Waals surface area contributed by atoms with Gasteiger partial charge >= 0.3 is 5.97 Å². The van der Waals surface area contributed by atoms with Gasteiger partial charge in [0, 0.05) is 37.2 Å². The lowest BCUT2D eigenvalue weighted by Crippen LogP contribution is -2.36. The number of carboxylic acid groups (broad SMARTS) is 1. The van der Waals surface area contributed by atoms with E-state index in [2.05, 4.69) is 30.9 Å². The van der Waals surface area contributed by atoms with Crippen molar-refractivity contribution < 1.29 is 23.8 Å². The van der Waals surface area contributed by atoms with E-state index in [9.17, 15) is 4.79 Å². The summed E-state index contributed by atoms with van der Waals surface area (Å²) in [6.45, 7) is 9.95. The van der Waals surface area contributed by atoms with E-state index < -0.39 is 5.97 Å². The van der Waals surface area contributed by atoms with Gasteiger partial charge in [0.25, 0.3) is 0 Å². The third kappa shape index (κ3) is 6.42. The van der Waals surface area contributed by atoms with E-state index in [1.807, 2.05) is 37.3 Å². The van der Waals surface area contributed by atoms with Gasteiger partial charge in [0.2, 0.25) is 5.89 Å². The summed E-state index contributed by atoms with van der Waals surface area (Å²) in [4.78, 5) is 18.0. The summed E-state index contributed by atoms with van der Waals surface area (Å²) < 4.78 is 17.7. The molecule has 0 atom stereocenters. The largest absolute Gasteiger partial charge is 0.493 e. The molecule has 0 unspecified atom stereocenters. The fraction of sp³-hybridized carbons (Fsp3) is 0.429. The molecule has 0 saturated carbocycles. The Kier molecular flexibility index (Phi) is 8.08. The molecule has 1 saturated heterocycles. The van der Waals surface area contributed by atoms with Crippen molar-refractivity contribution in [3.05, 3.63) is 65.0 Å². The SMILES string of the molecule is Cc1cc(OCCc2oc(-c3cccc(N4CCOCC4)c3)nc2C(C)C)ccc1CCC(=O)O. The smallest absolute Gasteiger partial charge is 0.303 e. The van der Waals surface area contributed by atoms with Gasteiger partial charge in [-0.1, -0.05) is 26.0 Å². The predicted molar refractivity (Wildman–Crippen MR) is 135 cm³/mol. The normalized spacial score (nSPS) is 13.9. The van der Waals surface area contributed by atoms with Crippen molar-refractivity contribution in [1.82, 2.24) is 4.98 Å². The van der Waals surface area contributed by atoms with Crippen LogP contribution in [0.5, 0.6) is 5.75 Å². The van der Waals surface area contributed by atoms with Crippen molar-refractivity contribution in [2.75, 3.05) is 37.8 Å². The lowest BCUT2D eigenvalue weighted by Gasteiger charge is -2.29. The number of morpholine rings is 1. The third-order valence-electron chi connectivity index (χ3n) is 6.26. The van der Waals surface area contributed by atoms with Gasteiger partial charge in [-0.2, -0.15) is 0 Å². The lowest BCUT2D eigenvalue weighted by molar-refractivity contribution is -0.136. The first-order valence-corrected chi connectivity index (χ1v) is 12.3. The van der Waals surface area contributed by atoms with Crippen LogP contribution in [0.25, 0.3) is 11.5 Å². The molecule has 1 aromatic heterocycles. The zero-order valence-electron chi connectivity index (χ0n) is 20.8. The molecule has 35 heavy (non-hydrogen) atoms. The average molecular weight is 479 g/mol. The highest BCUT2D eigenvalue weighted by molar-refractivity contribution is 5.67. The highest BCUT2D eigenvalue weighted by Gasteiger charge is 2.19. The van der Waals surface area contributed by atoms with Crippen LogP contribution < -0.4 is 9.64 Å². The van der Waals surface area contributed by atoms with E-state index in [4.69, 9.17) is 24.0 Å². The number of nitrogens with zero attached hydrogens (tertiary/aromatic N) is 2. The fourth-order valence-corrected chi connectivity index (χ4v) is 4.32. The Bertz CT molecular complexity index is 1150. The van der Waals surface area contributed by atoms with Crippen molar-refractivity contribution in [3.8, 4) is 17.2 Å². The molecule has 0 spiro atoms. The van der Waals surface area contributed by atoms with Gasteiger partial charge in [0.05, 0.1) is 25.5 Å². The fourth-order valence-electron chi connectivity index (χ4n) is 4.32. The second-order valence-corrected chi connectivity index (χ2v) is 9.21. The minimum absolute atomic E-state index is 0.127. The van der Waals surface area contributed by atoms with Gasteiger partial charge in [-0.25, -0.2) is 4.98 Å². The van der Waals surface area contributed by atoms with Gasteiger partial charge in [-0.15, -0.1) is 0 Å². The van der Waals surface area contributed by atoms with E-state index in [1.165, 1.54) is 0 Å². The summed E-state index contributed by atoms with van der Waals surface area (Å²) in [7, 11) is 0. The molecule has 7 nitrogen and oxygen atoms in total. The molecule has 0 bridgehead atoms. The number of aliphatic carboxylic acids is 1. The van der Waals surface area contributed by atoms with E-state index in [-0.39, 0.29) is 12.3 Å². The molecule has 3 aromatic rings. The van der Waals surface area contributed by atoms with E-state index in [0.29, 0.717) is 25.3 Å². The Morgan fingerprint density at radius 2 is 1.94 bits per heavy atom. The monoisotopic (exact) mass is 478 g/mol. The number of ether oxygens (including phenoxy) is 2. The van der Waals surface area contributed by atoms with Crippen LogP contribution in [0.15, 0.2) is 46.9 Å². The number of hydrogen-bond acceptors (Lipinski definition) is 6. The molecule has 0 aliphatic carbocycles. The summed E-state index contributed by atoms with van der Waals surface area (Å²) in [5, 5.41) is 8.91. The number of aromatic nitrogens is 1. The van der Waals surface area contributed by atoms with Crippen molar-refractivity contribution in [2.24, 2.45) is 0 Å². The third-order valence-corrected chi connectivity index (χ3v) is 6.26. The zero-order valence-corrected chi connectivity index (χ0v) is 20.8. The number of anilines is 1. The minimum Gasteiger partial charge on any atom is -0.493 e. The maximum absolute atomic E-state index is 10.8. The Morgan fingerprint density at radius 3 is 2.66 bits per heavy atom. The number of benzene rings is 2. The van der Waals surface area contributed by atoms with Gasteiger partial charge in [-0.05, 0) is 60.7 Å². The molecule has 186 valence electrons. The highest BCUT2D eigenvalue weighted by atomic mass is 16.5. The van der Waals surface area contributed by atoms with Crippen molar-refractivity contribution in [2.45, 2.75) is 46.0 Å². The van der Waals surface area contributed by atoms with E-state index >= 15 is 0 Å². The van der Waals surface area contributed by atoms with E-state index in [0.717, 1.165) is 65.9 Å². The van der Waals surface area contributed by atoms with Crippen LogP contribution in [0.2, 0.25) is 0 Å². The molecule has 7 heteroatoms. The molecule has 2 heterocycles. The maximum Gasteiger partial charge on any atom is 0.303 e.